The lowest BCUT2D eigenvalue weighted by molar-refractivity contribution is -0.259. The van der Waals surface area contributed by atoms with E-state index in [0.29, 0.717) is 11.3 Å². The Kier molecular flexibility index (Phi) is 2.71. The van der Waals surface area contributed by atoms with E-state index in [1.807, 2.05) is 0 Å². The molecule has 92 valence electrons. The van der Waals surface area contributed by atoms with Crippen LogP contribution in [0.5, 0.6) is 0 Å². The first-order chi connectivity index (χ1) is 7.23. The Bertz CT molecular complexity index is 288. The van der Waals surface area contributed by atoms with E-state index in [9.17, 15) is 0 Å². The fourth-order valence-electron chi connectivity index (χ4n) is 2.51. The van der Waals surface area contributed by atoms with E-state index in [1.165, 1.54) is 6.42 Å². The first kappa shape index (κ1) is 12.1. The zero-order valence-electron chi connectivity index (χ0n) is 11.2. The van der Waals surface area contributed by atoms with E-state index in [1.54, 1.807) is 0 Å². The molecule has 2 atom stereocenters. The van der Waals surface area contributed by atoms with Gasteiger partial charge in [0.1, 0.15) is 0 Å². The maximum atomic E-state index is 6.00. The highest BCUT2D eigenvalue weighted by Gasteiger charge is 2.45. The van der Waals surface area contributed by atoms with E-state index >= 15 is 0 Å². The fourth-order valence-corrected chi connectivity index (χ4v) is 2.51. The van der Waals surface area contributed by atoms with Crippen molar-refractivity contribution in [3.63, 3.8) is 0 Å². The molecule has 0 amide bonds. The number of ether oxygens (including phenoxy) is 2. The van der Waals surface area contributed by atoms with Crippen LogP contribution in [0.15, 0.2) is 12.2 Å². The lowest BCUT2D eigenvalue weighted by Crippen LogP contribution is -2.43. The molecule has 0 aromatic carbocycles. The molecule has 2 heterocycles. The molecule has 0 N–H and O–H groups in total. The highest BCUT2D eigenvalue weighted by Crippen LogP contribution is 2.43. The van der Waals surface area contributed by atoms with E-state index in [-0.39, 0.29) is 5.60 Å². The molecule has 0 unspecified atom stereocenters. The summed E-state index contributed by atoms with van der Waals surface area (Å²) >= 11 is 0. The average Bonchev–Trinajstić information content (AvgIpc) is 2.41. The summed E-state index contributed by atoms with van der Waals surface area (Å²) in [7, 11) is 0. The third-order valence-corrected chi connectivity index (χ3v) is 3.77. The second-order valence-electron chi connectivity index (χ2n) is 6.76. The molecule has 0 aromatic rings. The number of hydrogen-bond acceptors (Lipinski definition) is 2. The third-order valence-electron chi connectivity index (χ3n) is 3.77. The average molecular weight is 224 g/mol. The molecule has 0 radical (unpaired) electrons. The lowest BCUT2D eigenvalue weighted by Gasteiger charge is -2.42. The van der Waals surface area contributed by atoms with Crippen molar-refractivity contribution < 1.29 is 9.47 Å². The van der Waals surface area contributed by atoms with Crippen molar-refractivity contribution in [1.29, 1.82) is 0 Å². The second kappa shape index (κ2) is 3.58. The first-order valence-corrected chi connectivity index (χ1v) is 6.27. The summed E-state index contributed by atoms with van der Waals surface area (Å²) in [6, 6.07) is 0. The summed E-state index contributed by atoms with van der Waals surface area (Å²) in [6.45, 7) is 11.8. The van der Waals surface area contributed by atoms with Gasteiger partial charge in [0.2, 0.25) is 0 Å². The molecule has 1 saturated heterocycles. The van der Waals surface area contributed by atoms with Crippen LogP contribution in [-0.4, -0.2) is 18.0 Å². The zero-order chi connectivity index (χ0) is 12.0. The van der Waals surface area contributed by atoms with E-state index in [4.69, 9.17) is 9.47 Å². The maximum absolute atomic E-state index is 6.00. The molecule has 16 heavy (non-hydrogen) atoms. The van der Waals surface area contributed by atoms with E-state index in [0.717, 1.165) is 13.0 Å². The minimum absolute atomic E-state index is 0.172. The van der Waals surface area contributed by atoms with E-state index in [2.05, 4.69) is 46.8 Å². The Hall–Kier alpha value is -0.340. The molecule has 0 aromatic heterocycles. The van der Waals surface area contributed by atoms with Crippen molar-refractivity contribution in [2.24, 2.45) is 11.3 Å². The first-order valence-electron chi connectivity index (χ1n) is 6.27. The van der Waals surface area contributed by atoms with Gasteiger partial charge in [-0.25, -0.2) is 0 Å². The van der Waals surface area contributed by atoms with Gasteiger partial charge in [0, 0.05) is 6.42 Å². The maximum Gasteiger partial charge on any atom is 0.188 e. The van der Waals surface area contributed by atoms with Crippen LogP contribution in [0.4, 0.5) is 0 Å². The van der Waals surface area contributed by atoms with Gasteiger partial charge < -0.3 is 9.47 Å². The van der Waals surface area contributed by atoms with Crippen molar-refractivity contribution in [3.8, 4) is 0 Å². The molecule has 2 rings (SSSR count). The molecule has 2 aliphatic rings. The van der Waals surface area contributed by atoms with Crippen LogP contribution in [-0.2, 0) is 9.47 Å². The van der Waals surface area contributed by atoms with Crippen LogP contribution in [0.2, 0.25) is 0 Å². The van der Waals surface area contributed by atoms with Crippen molar-refractivity contribution in [2.75, 3.05) is 6.61 Å². The molecule has 1 spiro atoms. The molecule has 0 bridgehead atoms. The standard InChI is InChI=1S/C14H24O2/c1-12(2,3)11-6-7-14(15-10-11)9-8-13(4,5)16-14/h8-9,11H,6-7,10H2,1-5H3/t11-,14-/m1/s1. The molecule has 1 fully saturated rings. The van der Waals surface area contributed by atoms with E-state index < -0.39 is 5.79 Å². The topological polar surface area (TPSA) is 18.5 Å². The summed E-state index contributed by atoms with van der Waals surface area (Å²) in [4.78, 5) is 0. The normalized spacial score (nSPS) is 38.2. The molecule has 0 saturated carbocycles. The Labute approximate surface area is 99.0 Å². The van der Waals surface area contributed by atoms with Crippen LogP contribution < -0.4 is 0 Å². The van der Waals surface area contributed by atoms with Gasteiger partial charge in [0.05, 0.1) is 12.2 Å². The molecule has 0 aliphatic carbocycles. The predicted molar refractivity (Wildman–Crippen MR) is 65.2 cm³/mol. The van der Waals surface area contributed by atoms with Gasteiger partial charge in [-0.3, -0.25) is 0 Å². The summed E-state index contributed by atoms with van der Waals surface area (Å²) in [6.07, 6.45) is 6.38. The Balaban J connectivity index is 1.99. The number of rotatable bonds is 0. The van der Waals surface area contributed by atoms with Gasteiger partial charge in [-0.05, 0) is 37.7 Å². The molecule has 2 aliphatic heterocycles. The molecular formula is C14H24O2. The predicted octanol–water partition coefficient (Wildman–Crippen LogP) is 3.52. The SMILES string of the molecule is CC1(C)C=C[C@@]2(CC[C@@H](C(C)(C)C)CO2)O1. The zero-order valence-corrected chi connectivity index (χ0v) is 11.2. The van der Waals surface area contributed by atoms with Crippen molar-refractivity contribution >= 4 is 0 Å². The summed E-state index contributed by atoms with van der Waals surface area (Å²) < 4.78 is 12.0. The molecular weight excluding hydrogens is 200 g/mol. The van der Waals surface area contributed by atoms with Crippen LogP contribution >= 0.6 is 0 Å². The van der Waals surface area contributed by atoms with Gasteiger partial charge in [-0.1, -0.05) is 26.8 Å². The highest BCUT2D eigenvalue weighted by molar-refractivity contribution is 5.13. The Morgan fingerprint density at radius 2 is 1.88 bits per heavy atom. The van der Waals surface area contributed by atoms with Crippen LogP contribution in [0.3, 0.4) is 0 Å². The second-order valence-corrected chi connectivity index (χ2v) is 6.76. The smallest absolute Gasteiger partial charge is 0.188 e. The monoisotopic (exact) mass is 224 g/mol. The van der Waals surface area contributed by atoms with Crippen molar-refractivity contribution in [1.82, 2.24) is 0 Å². The Morgan fingerprint density at radius 3 is 2.25 bits per heavy atom. The summed E-state index contributed by atoms with van der Waals surface area (Å²) in [5.74, 6) is 0.212. The summed E-state index contributed by atoms with van der Waals surface area (Å²) in [5.41, 5.74) is 0.161. The lowest BCUT2D eigenvalue weighted by atomic mass is 9.76. The Morgan fingerprint density at radius 1 is 1.19 bits per heavy atom. The molecule has 2 nitrogen and oxygen atoms in total. The summed E-state index contributed by atoms with van der Waals surface area (Å²) in [5, 5.41) is 0. The van der Waals surface area contributed by atoms with Gasteiger partial charge in [0.15, 0.2) is 5.79 Å². The fraction of sp³-hybridized carbons (Fsp3) is 0.857. The van der Waals surface area contributed by atoms with Gasteiger partial charge in [-0.2, -0.15) is 0 Å². The van der Waals surface area contributed by atoms with Crippen LogP contribution in [0.1, 0.15) is 47.5 Å². The van der Waals surface area contributed by atoms with Crippen LogP contribution in [0.25, 0.3) is 0 Å². The van der Waals surface area contributed by atoms with Gasteiger partial charge >= 0.3 is 0 Å². The third kappa shape index (κ3) is 2.33. The minimum atomic E-state index is -0.425. The quantitative estimate of drug-likeness (QED) is 0.586. The van der Waals surface area contributed by atoms with Gasteiger partial charge in [-0.15, -0.1) is 0 Å². The minimum Gasteiger partial charge on any atom is -0.346 e. The number of hydrogen-bond donors (Lipinski definition) is 0. The van der Waals surface area contributed by atoms with Crippen molar-refractivity contribution in [2.45, 2.75) is 58.8 Å². The largest absolute Gasteiger partial charge is 0.346 e. The van der Waals surface area contributed by atoms with Gasteiger partial charge in [0.25, 0.3) is 0 Å². The highest BCUT2D eigenvalue weighted by atomic mass is 16.7. The van der Waals surface area contributed by atoms with Crippen LogP contribution in [0, 0.1) is 11.3 Å². The van der Waals surface area contributed by atoms with Crippen molar-refractivity contribution in [3.05, 3.63) is 12.2 Å². The molecule has 2 heteroatoms.